The summed E-state index contributed by atoms with van der Waals surface area (Å²) in [5.74, 6) is -0.417. The number of halogens is 2. The number of hydrogen-bond acceptors (Lipinski definition) is 4. The lowest BCUT2D eigenvalue weighted by Gasteiger charge is -2.14. The molecule has 3 aromatic carbocycles. The summed E-state index contributed by atoms with van der Waals surface area (Å²) < 4.78 is 24.3. The summed E-state index contributed by atoms with van der Waals surface area (Å²) in [5, 5.41) is 3.77. The summed E-state index contributed by atoms with van der Waals surface area (Å²) in [7, 11) is -3.48. The molecule has 0 fully saturated rings. The zero-order valence-corrected chi connectivity index (χ0v) is 19.7. The number of pyridine rings is 1. The van der Waals surface area contributed by atoms with Crippen molar-refractivity contribution < 1.29 is 13.2 Å². The van der Waals surface area contributed by atoms with Crippen LogP contribution in [-0.4, -0.2) is 25.6 Å². The predicted molar refractivity (Wildman–Crippen MR) is 133 cm³/mol. The highest BCUT2D eigenvalue weighted by atomic mass is 35.5. The van der Waals surface area contributed by atoms with Gasteiger partial charge in [-0.25, -0.2) is 8.42 Å². The monoisotopic (exact) mass is 496 g/mol. The summed E-state index contributed by atoms with van der Waals surface area (Å²) >= 11 is 12.7. The van der Waals surface area contributed by atoms with Gasteiger partial charge in [0.15, 0.2) is 9.84 Å². The molecule has 0 atom stereocenters. The average molecular weight is 497 g/mol. The second-order valence-electron chi connectivity index (χ2n) is 7.32. The van der Waals surface area contributed by atoms with Crippen LogP contribution in [0.3, 0.4) is 0 Å². The molecule has 0 aliphatic carbocycles. The maximum Gasteiger partial charge on any atom is 0.256 e. The highest BCUT2D eigenvalue weighted by Crippen LogP contribution is 2.34. The van der Waals surface area contributed by atoms with Crippen LogP contribution in [0.1, 0.15) is 10.4 Å². The van der Waals surface area contributed by atoms with Crippen molar-refractivity contribution in [2.24, 2.45) is 0 Å². The number of aromatic nitrogens is 1. The predicted octanol–water partition coefficient (Wildman–Crippen LogP) is 6.38. The Morgan fingerprint density at radius 2 is 1.55 bits per heavy atom. The SMILES string of the molecule is CS(=O)(=O)c1ccc(C(=O)Nc2ccc(Cl)c(-c3ccccn3)c2)c(-c2ccccc2Cl)c1. The van der Waals surface area contributed by atoms with Crippen LogP contribution in [-0.2, 0) is 9.84 Å². The first-order valence-electron chi connectivity index (χ1n) is 9.85. The van der Waals surface area contributed by atoms with Gasteiger partial charge in [0.1, 0.15) is 0 Å². The van der Waals surface area contributed by atoms with Crippen LogP contribution in [0.25, 0.3) is 22.4 Å². The van der Waals surface area contributed by atoms with Gasteiger partial charge < -0.3 is 5.32 Å². The van der Waals surface area contributed by atoms with E-state index >= 15 is 0 Å². The number of nitrogens with one attached hydrogen (secondary N) is 1. The van der Waals surface area contributed by atoms with Crippen LogP contribution in [0.15, 0.2) is 90.0 Å². The lowest BCUT2D eigenvalue weighted by atomic mass is 9.99. The van der Waals surface area contributed by atoms with Gasteiger partial charge in [-0.3, -0.25) is 9.78 Å². The largest absolute Gasteiger partial charge is 0.322 e. The molecular formula is C25H18Cl2N2O3S. The zero-order chi connectivity index (χ0) is 23.6. The van der Waals surface area contributed by atoms with Gasteiger partial charge in [0, 0.05) is 39.9 Å². The summed E-state index contributed by atoms with van der Waals surface area (Å²) in [6.45, 7) is 0. The number of carbonyl (C=O) groups excluding carboxylic acids is 1. The molecule has 4 aromatic rings. The molecule has 0 spiro atoms. The molecule has 0 bridgehead atoms. The molecule has 4 rings (SSSR count). The van der Waals surface area contributed by atoms with E-state index in [2.05, 4.69) is 10.3 Å². The minimum atomic E-state index is -3.48. The summed E-state index contributed by atoms with van der Waals surface area (Å²) in [5.41, 5.74) is 3.12. The van der Waals surface area contributed by atoms with Crippen molar-refractivity contribution in [1.82, 2.24) is 4.98 Å². The Morgan fingerprint density at radius 1 is 0.818 bits per heavy atom. The van der Waals surface area contributed by atoms with Gasteiger partial charge in [-0.05, 0) is 60.2 Å². The number of anilines is 1. The van der Waals surface area contributed by atoms with E-state index < -0.39 is 15.7 Å². The van der Waals surface area contributed by atoms with Crippen LogP contribution in [0.2, 0.25) is 10.0 Å². The molecule has 0 radical (unpaired) electrons. The van der Waals surface area contributed by atoms with Crippen LogP contribution in [0.4, 0.5) is 5.69 Å². The number of nitrogens with zero attached hydrogens (tertiary/aromatic N) is 1. The third-order valence-electron chi connectivity index (χ3n) is 4.99. The van der Waals surface area contributed by atoms with Crippen LogP contribution in [0, 0.1) is 0 Å². The normalized spacial score (nSPS) is 11.2. The Kier molecular flexibility index (Phi) is 6.51. The maximum absolute atomic E-state index is 13.3. The van der Waals surface area contributed by atoms with E-state index in [1.807, 2.05) is 12.1 Å². The number of amides is 1. The van der Waals surface area contributed by atoms with E-state index in [-0.39, 0.29) is 10.5 Å². The molecule has 166 valence electrons. The molecule has 0 saturated carbocycles. The molecule has 1 heterocycles. The van der Waals surface area contributed by atoms with Crippen molar-refractivity contribution in [3.05, 3.63) is 101 Å². The Morgan fingerprint density at radius 3 is 2.24 bits per heavy atom. The summed E-state index contributed by atoms with van der Waals surface area (Å²) in [6.07, 6.45) is 2.78. The molecule has 0 unspecified atom stereocenters. The smallest absolute Gasteiger partial charge is 0.256 e. The Labute approximate surface area is 201 Å². The Bertz CT molecular complexity index is 1460. The fraction of sp³-hybridized carbons (Fsp3) is 0.0400. The molecule has 1 N–H and O–H groups in total. The minimum absolute atomic E-state index is 0.0953. The molecule has 33 heavy (non-hydrogen) atoms. The maximum atomic E-state index is 13.3. The van der Waals surface area contributed by atoms with E-state index in [0.717, 1.165) is 6.26 Å². The summed E-state index contributed by atoms with van der Waals surface area (Å²) in [4.78, 5) is 17.7. The molecule has 5 nitrogen and oxygen atoms in total. The number of benzene rings is 3. The van der Waals surface area contributed by atoms with E-state index in [9.17, 15) is 13.2 Å². The van der Waals surface area contributed by atoms with E-state index in [4.69, 9.17) is 23.2 Å². The summed E-state index contributed by atoms with van der Waals surface area (Å²) in [6, 6.07) is 21.9. The molecule has 1 aromatic heterocycles. The Hall–Kier alpha value is -3.19. The van der Waals surface area contributed by atoms with E-state index in [1.165, 1.54) is 18.2 Å². The van der Waals surface area contributed by atoms with Gasteiger partial charge in [-0.2, -0.15) is 0 Å². The van der Waals surface area contributed by atoms with E-state index in [1.54, 1.807) is 54.7 Å². The second-order valence-corrected chi connectivity index (χ2v) is 10.2. The molecule has 0 aliphatic rings. The van der Waals surface area contributed by atoms with Crippen LogP contribution < -0.4 is 5.32 Å². The number of rotatable bonds is 5. The average Bonchev–Trinajstić information content (AvgIpc) is 2.80. The van der Waals surface area contributed by atoms with Gasteiger partial charge in [0.25, 0.3) is 5.91 Å². The third-order valence-corrected chi connectivity index (χ3v) is 6.76. The van der Waals surface area contributed by atoms with E-state index in [0.29, 0.717) is 38.1 Å². The lowest BCUT2D eigenvalue weighted by Crippen LogP contribution is -2.14. The minimum Gasteiger partial charge on any atom is -0.322 e. The van der Waals surface area contributed by atoms with Gasteiger partial charge in [0.2, 0.25) is 0 Å². The Balaban J connectivity index is 1.76. The zero-order valence-electron chi connectivity index (χ0n) is 17.4. The van der Waals surface area contributed by atoms with Crippen molar-refractivity contribution in [3.8, 4) is 22.4 Å². The molecule has 8 heteroatoms. The highest BCUT2D eigenvalue weighted by Gasteiger charge is 2.19. The van der Waals surface area contributed by atoms with Crippen molar-refractivity contribution in [1.29, 1.82) is 0 Å². The highest BCUT2D eigenvalue weighted by molar-refractivity contribution is 7.90. The third kappa shape index (κ3) is 5.09. The van der Waals surface area contributed by atoms with Crippen molar-refractivity contribution in [2.75, 3.05) is 11.6 Å². The van der Waals surface area contributed by atoms with Crippen LogP contribution in [0.5, 0.6) is 0 Å². The van der Waals surface area contributed by atoms with Gasteiger partial charge >= 0.3 is 0 Å². The van der Waals surface area contributed by atoms with Gasteiger partial charge in [-0.1, -0.05) is 47.5 Å². The first kappa shape index (κ1) is 23.0. The van der Waals surface area contributed by atoms with Crippen molar-refractivity contribution in [3.63, 3.8) is 0 Å². The molecular weight excluding hydrogens is 479 g/mol. The molecule has 1 amide bonds. The van der Waals surface area contributed by atoms with Gasteiger partial charge in [-0.15, -0.1) is 0 Å². The van der Waals surface area contributed by atoms with Gasteiger partial charge in [0.05, 0.1) is 15.6 Å². The number of sulfone groups is 1. The van der Waals surface area contributed by atoms with Crippen LogP contribution >= 0.6 is 23.2 Å². The molecule has 0 aliphatic heterocycles. The first-order chi connectivity index (χ1) is 15.7. The standard InChI is InChI=1S/C25H18Cl2N2O3S/c1-33(31,32)17-10-11-19(20(15-17)18-6-2-3-7-22(18)26)25(30)29-16-9-12-23(27)21(14-16)24-8-4-5-13-28-24/h2-15H,1H3,(H,29,30). The quantitative estimate of drug-likeness (QED) is 0.347. The lowest BCUT2D eigenvalue weighted by molar-refractivity contribution is 0.102. The number of hydrogen-bond donors (Lipinski definition) is 1. The topological polar surface area (TPSA) is 76.1 Å². The fourth-order valence-corrected chi connectivity index (χ4v) is 4.47. The fourth-order valence-electron chi connectivity index (χ4n) is 3.37. The first-order valence-corrected chi connectivity index (χ1v) is 12.5. The second kappa shape index (κ2) is 9.35. The van der Waals surface area contributed by atoms with Crippen molar-refractivity contribution >= 4 is 44.6 Å². The molecule has 0 saturated heterocycles. The number of carbonyl (C=O) groups is 1. The van der Waals surface area contributed by atoms with Crippen molar-refractivity contribution in [2.45, 2.75) is 4.90 Å².